The standard InChI is InChI=1S/C29H30ClFN2O2/c30-24-10-6-9-23(17-24)19-28(34)33(20-22-13-15-25(31)16-14-22)27(18-21-7-2-1-3-8-21)29(35)32-26-11-4-5-12-26/h1-3,6-10,13-17,26-27H,4-5,11-12,18-20H2,(H,32,35). The molecule has 1 N–H and O–H groups in total. The molecule has 0 saturated heterocycles. The Labute approximate surface area is 211 Å². The zero-order valence-corrected chi connectivity index (χ0v) is 20.4. The summed E-state index contributed by atoms with van der Waals surface area (Å²) in [6.45, 7) is 0.204. The highest BCUT2D eigenvalue weighted by Gasteiger charge is 2.32. The molecular formula is C29H30ClFN2O2. The van der Waals surface area contributed by atoms with E-state index in [9.17, 15) is 14.0 Å². The van der Waals surface area contributed by atoms with Crippen molar-refractivity contribution in [2.75, 3.05) is 0 Å². The van der Waals surface area contributed by atoms with Crippen molar-refractivity contribution >= 4 is 23.4 Å². The van der Waals surface area contributed by atoms with E-state index in [0.717, 1.165) is 42.4 Å². The van der Waals surface area contributed by atoms with Gasteiger partial charge < -0.3 is 10.2 Å². The molecule has 35 heavy (non-hydrogen) atoms. The van der Waals surface area contributed by atoms with Gasteiger partial charge in [0.15, 0.2) is 0 Å². The van der Waals surface area contributed by atoms with Crippen LogP contribution >= 0.6 is 11.6 Å². The van der Waals surface area contributed by atoms with E-state index in [1.165, 1.54) is 12.1 Å². The van der Waals surface area contributed by atoms with E-state index in [0.29, 0.717) is 11.4 Å². The first-order valence-corrected chi connectivity index (χ1v) is 12.5. The van der Waals surface area contributed by atoms with Crippen molar-refractivity contribution in [2.24, 2.45) is 0 Å². The summed E-state index contributed by atoms with van der Waals surface area (Å²) in [5.41, 5.74) is 2.51. The lowest BCUT2D eigenvalue weighted by molar-refractivity contribution is -0.141. The summed E-state index contributed by atoms with van der Waals surface area (Å²) in [6, 6.07) is 22.4. The third-order valence-electron chi connectivity index (χ3n) is 6.48. The molecule has 4 nitrogen and oxygen atoms in total. The summed E-state index contributed by atoms with van der Waals surface area (Å²) in [6.07, 6.45) is 4.62. The molecule has 0 bridgehead atoms. The minimum atomic E-state index is -0.699. The molecular weight excluding hydrogens is 463 g/mol. The second kappa shape index (κ2) is 12.0. The molecule has 0 aromatic heterocycles. The molecule has 0 radical (unpaired) electrons. The fourth-order valence-corrected chi connectivity index (χ4v) is 4.84. The molecule has 3 aromatic carbocycles. The maximum absolute atomic E-state index is 13.7. The molecule has 182 valence electrons. The Morgan fingerprint density at radius 3 is 2.29 bits per heavy atom. The van der Waals surface area contributed by atoms with Crippen LogP contribution in [0.2, 0.25) is 5.02 Å². The average Bonchev–Trinajstić information content (AvgIpc) is 3.36. The molecule has 1 atom stereocenters. The normalized spacial score (nSPS) is 14.5. The minimum Gasteiger partial charge on any atom is -0.352 e. The highest BCUT2D eigenvalue weighted by atomic mass is 35.5. The Balaban J connectivity index is 1.65. The average molecular weight is 493 g/mol. The Bertz CT molecular complexity index is 1130. The van der Waals surface area contributed by atoms with Gasteiger partial charge in [0.25, 0.3) is 0 Å². The van der Waals surface area contributed by atoms with Crippen molar-refractivity contribution in [3.8, 4) is 0 Å². The summed E-state index contributed by atoms with van der Waals surface area (Å²) in [4.78, 5) is 28.9. The van der Waals surface area contributed by atoms with Crippen molar-refractivity contribution in [2.45, 2.75) is 57.2 Å². The van der Waals surface area contributed by atoms with E-state index in [1.807, 2.05) is 42.5 Å². The van der Waals surface area contributed by atoms with Crippen LogP contribution in [0.15, 0.2) is 78.9 Å². The highest BCUT2D eigenvalue weighted by molar-refractivity contribution is 6.30. The monoisotopic (exact) mass is 492 g/mol. The van der Waals surface area contributed by atoms with E-state index in [-0.39, 0.29) is 36.6 Å². The SMILES string of the molecule is O=C(NC1CCCC1)C(Cc1ccccc1)N(Cc1ccc(F)cc1)C(=O)Cc1cccc(Cl)c1. The number of halogens is 2. The van der Waals surface area contributed by atoms with Gasteiger partial charge in [0.2, 0.25) is 11.8 Å². The summed E-state index contributed by atoms with van der Waals surface area (Å²) in [5, 5.41) is 3.74. The van der Waals surface area contributed by atoms with E-state index in [1.54, 1.807) is 29.2 Å². The highest BCUT2D eigenvalue weighted by Crippen LogP contribution is 2.21. The molecule has 6 heteroatoms. The van der Waals surface area contributed by atoms with Crippen molar-refractivity contribution in [3.05, 3.63) is 106 Å². The van der Waals surface area contributed by atoms with E-state index in [4.69, 9.17) is 11.6 Å². The first kappa shape index (κ1) is 24.9. The van der Waals surface area contributed by atoms with Gasteiger partial charge in [-0.3, -0.25) is 9.59 Å². The number of hydrogen-bond acceptors (Lipinski definition) is 2. The Hall–Kier alpha value is -3.18. The molecule has 4 rings (SSSR count). The van der Waals surface area contributed by atoms with Gasteiger partial charge in [0.1, 0.15) is 11.9 Å². The zero-order valence-electron chi connectivity index (χ0n) is 19.6. The van der Waals surface area contributed by atoms with Gasteiger partial charge in [0, 0.05) is 24.0 Å². The minimum absolute atomic E-state index is 0.115. The third-order valence-corrected chi connectivity index (χ3v) is 6.72. The second-order valence-corrected chi connectivity index (χ2v) is 9.59. The Kier molecular flexibility index (Phi) is 8.54. The summed E-state index contributed by atoms with van der Waals surface area (Å²) in [7, 11) is 0. The van der Waals surface area contributed by atoms with Gasteiger partial charge in [-0.1, -0.05) is 79.0 Å². The third kappa shape index (κ3) is 7.15. The molecule has 2 amide bonds. The van der Waals surface area contributed by atoms with Crippen LogP contribution in [0.3, 0.4) is 0 Å². The van der Waals surface area contributed by atoms with Crippen molar-refractivity contribution < 1.29 is 14.0 Å². The van der Waals surface area contributed by atoms with Crippen LogP contribution < -0.4 is 5.32 Å². The molecule has 1 saturated carbocycles. The molecule has 1 fully saturated rings. The van der Waals surface area contributed by atoms with Crippen molar-refractivity contribution in [1.29, 1.82) is 0 Å². The molecule has 0 aliphatic heterocycles. The topological polar surface area (TPSA) is 49.4 Å². The summed E-state index contributed by atoms with van der Waals surface area (Å²) >= 11 is 6.14. The van der Waals surface area contributed by atoms with Gasteiger partial charge in [-0.15, -0.1) is 0 Å². The number of nitrogens with one attached hydrogen (secondary N) is 1. The van der Waals surface area contributed by atoms with E-state index >= 15 is 0 Å². The van der Waals surface area contributed by atoms with Crippen LogP contribution in [0.25, 0.3) is 0 Å². The van der Waals surface area contributed by atoms with Crippen LogP contribution in [0.1, 0.15) is 42.4 Å². The number of amides is 2. The fourth-order valence-electron chi connectivity index (χ4n) is 4.63. The lowest BCUT2D eigenvalue weighted by Crippen LogP contribution is -2.52. The van der Waals surface area contributed by atoms with E-state index < -0.39 is 6.04 Å². The van der Waals surface area contributed by atoms with Crippen molar-refractivity contribution in [1.82, 2.24) is 10.2 Å². The van der Waals surface area contributed by atoms with Crippen LogP contribution in [0, 0.1) is 5.82 Å². The van der Waals surface area contributed by atoms with Crippen molar-refractivity contribution in [3.63, 3.8) is 0 Å². The van der Waals surface area contributed by atoms with Crippen LogP contribution in [0.4, 0.5) is 4.39 Å². The first-order chi connectivity index (χ1) is 17.0. The lowest BCUT2D eigenvalue weighted by Gasteiger charge is -2.32. The predicted octanol–water partition coefficient (Wildman–Crippen LogP) is 5.72. The number of nitrogens with zero attached hydrogens (tertiary/aromatic N) is 1. The van der Waals surface area contributed by atoms with Crippen LogP contribution in [-0.4, -0.2) is 28.8 Å². The number of rotatable bonds is 9. The lowest BCUT2D eigenvalue weighted by atomic mass is 10.0. The maximum atomic E-state index is 13.7. The van der Waals surface area contributed by atoms with Crippen LogP contribution in [-0.2, 0) is 29.0 Å². The number of hydrogen-bond donors (Lipinski definition) is 1. The first-order valence-electron chi connectivity index (χ1n) is 12.1. The van der Waals surface area contributed by atoms with Gasteiger partial charge >= 0.3 is 0 Å². The van der Waals surface area contributed by atoms with Gasteiger partial charge in [-0.25, -0.2) is 4.39 Å². The van der Waals surface area contributed by atoms with Gasteiger partial charge in [-0.05, 0) is 53.8 Å². The Morgan fingerprint density at radius 2 is 1.60 bits per heavy atom. The van der Waals surface area contributed by atoms with Gasteiger partial charge in [-0.2, -0.15) is 0 Å². The molecule has 0 heterocycles. The molecule has 0 spiro atoms. The molecule has 1 unspecified atom stereocenters. The van der Waals surface area contributed by atoms with Gasteiger partial charge in [0.05, 0.1) is 6.42 Å². The zero-order chi connectivity index (χ0) is 24.6. The largest absolute Gasteiger partial charge is 0.352 e. The molecule has 3 aromatic rings. The molecule has 1 aliphatic carbocycles. The number of carbonyl (C=O) groups is 2. The number of carbonyl (C=O) groups excluding carboxylic acids is 2. The molecule has 1 aliphatic rings. The van der Waals surface area contributed by atoms with E-state index in [2.05, 4.69) is 5.32 Å². The van der Waals surface area contributed by atoms with Crippen LogP contribution in [0.5, 0.6) is 0 Å². The smallest absolute Gasteiger partial charge is 0.243 e. The Morgan fingerprint density at radius 1 is 0.914 bits per heavy atom. The second-order valence-electron chi connectivity index (χ2n) is 9.15. The maximum Gasteiger partial charge on any atom is 0.243 e. The summed E-state index contributed by atoms with van der Waals surface area (Å²) in [5.74, 6) is -0.674. The summed E-state index contributed by atoms with van der Waals surface area (Å²) < 4.78 is 13.6. The number of benzene rings is 3. The quantitative estimate of drug-likeness (QED) is 0.415. The fraction of sp³-hybridized carbons (Fsp3) is 0.310. The predicted molar refractivity (Wildman–Crippen MR) is 136 cm³/mol.